The Bertz CT molecular complexity index is 2850. The number of rotatable bonds is 2. The van der Waals surface area contributed by atoms with Gasteiger partial charge in [-0.1, -0.05) is 135 Å². The van der Waals surface area contributed by atoms with Crippen LogP contribution in [0, 0.1) is 0 Å². The van der Waals surface area contributed by atoms with Gasteiger partial charge in [0.2, 0.25) is 5.95 Å². The third-order valence-electron chi connectivity index (χ3n) is 10.9. The zero-order valence-electron chi connectivity index (χ0n) is 26.6. The topological polar surface area (TPSA) is 30.7 Å². The number of hydrogen-bond acceptors (Lipinski definition) is 2. The highest BCUT2D eigenvalue weighted by Crippen LogP contribution is 2.61. The van der Waals surface area contributed by atoms with Crippen molar-refractivity contribution in [2.24, 2.45) is 0 Å². The van der Waals surface area contributed by atoms with E-state index in [-0.39, 0.29) is 5.41 Å². The van der Waals surface area contributed by atoms with Gasteiger partial charge in [0, 0.05) is 27.1 Å². The van der Waals surface area contributed by atoms with Crippen molar-refractivity contribution in [3.8, 4) is 50.6 Å². The average Bonchev–Trinajstić information content (AvgIpc) is 3.54. The molecule has 0 bridgehead atoms. The van der Waals surface area contributed by atoms with Crippen molar-refractivity contribution in [1.29, 1.82) is 0 Å². The molecular weight excluding hydrogens is 583 g/mol. The molecule has 0 N–H and O–H groups in total. The normalized spacial score (nSPS) is 13.8. The van der Waals surface area contributed by atoms with Crippen LogP contribution in [-0.4, -0.2) is 14.5 Å². The van der Waals surface area contributed by atoms with E-state index in [1.165, 1.54) is 66.1 Å². The van der Waals surface area contributed by atoms with Gasteiger partial charge in [0.15, 0.2) is 0 Å². The summed E-state index contributed by atoms with van der Waals surface area (Å²) < 4.78 is 2.32. The van der Waals surface area contributed by atoms with Crippen molar-refractivity contribution in [2.45, 2.75) is 19.3 Å². The summed E-state index contributed by atoms with van der Waals surface area (Å²) in [6.07, 6.45) is 0. The second-order valence-corrected chi connectivity index (χ2v) is 13.7. The van der Waals surface area contributed by atoms with Gasteiger partial charge in [-0.2, -0.15) is 0 Å². The van der Waals surface area contributed by atoms with Gasteiger partial charge < -0.3 is 0 Å². The smallest absolute Gasteiger partial charge is 0.235 e. The molecule has 0 radical (unpaired) electrons. The fourth-order valence-corrected chi connectivity index (χ4v) is 8.91. The second kappa shape index (κ2) is 9.05. The standard InChI is InChI=1S/C45H29N3/c1-45(2)34-22-12-21-29-28-19-10-15-26-16-11-20-30(38(26)28)33-25-37-40(42(45)41(33)39(29)34)32-18-7-9-24-36(32)48(37)44-46-35-23-8-6-17-31(35)43(47-44)27-13-4-3-5-14-27/h3-25H,1-2H3. The summed E-state index contributed by atoms with van der Waals surface area (Å²) in [7, 11) is 0. The Morgan fingerprint density at radius 1 is 0.521 bits per heavy atom. The Labute approximate surface area is 277 Å². The molecule has 0 unspecified atom stereocenters. The summed E-state index contributed by atoms with van der Waals surface area (Å²) >= 11 is 0. The van der Waals surface area contributed by atoms with E-state index in [0.717, 1.165) is 33.2 Å². The summed E-state index contributed by atoms with van der Waals surface area (Å²) in [6, 6.07) is 50.6. The van der Waals surface area contributed by atoms with Crippen molar-refractivity contribution in [2.75, 3.05) is 0 Å². The Kier molecular flexibility index (Phi) is 4.91. The molecule has 224 valence electrons. The highest BCUT2D eigenvalue weighted by atomic mass is 15.2. The molecule has 11 rings (SSSR count). The van der Waals surface area contributed by atoms with Gasteiger partial charge in [0.1, 0.15) is 0 Å². The first-order valence-corrected chi connectivity index (χ1v) is 16.7. The van der Waals surface area contributed by atoms with Crippen LogP contribution in [0.4, 0.5) is 0 Å². The summed E-state index contributed by atoms with van der Waals surface area (Å²) in [5.74, 6) is 0.687. The van der Waals surface area contributed by atoms with Crippen molar-refractivity contribution in [1.82, 2.24) is 14.5 Å². The van der Waals surface area contributed by atoms with Crippen molar-refractivity contribution in [3.05, 3.63) is 151 Å². The lowest BCUT2D eigenvalue weighted by molar-refractivity contribution is 0.666. The quantitative estimate of drug-likeness (QED) is 0.195. The number of fused-ring (bicyclic) bond motifs is 7. The van der Waals surface area contributed by atoms with Gasteiger partial charge in [-0.3, -0.25) is 4.57 Å². The van der Waals surface area contributed by atoms with Crippen molar-refractivity contribution >= 4 is 43.5 Å². The molecule has 7 aromatic carbocycles. The van der Waals surface area contributed by atoms with Gasteiger partial charge in [-0.15, -0.1) is 0 Å². The predicted molar refractivity (Wildman–Crippen MR) is 199 cm³/mol. The maximum absolute atomic E-state index is 5.40. The maximum atomic E-state index is 5.40. The molecule has 3 nitrogen and oxygen atoms in total. The Hall–Kier alpha value is -6.06. The third-order valence-corrected chi connectivity index (χ3v) is 10.9. The number of nitrogens with zero attached hydrogens (tertiary/aromatic N) is 3. The molecule has 2 aromatic heterocycles. The molecule has 0 fully saturated rings. The Balaban J connectivity index is 1.36. The van der Waals surface area contributed by atoms with Crippen LogP contribution in [0.1, 0.15) is 25.0 Å². The van der Waals surface area contributed by atoms with Crippen LogP contribution in [0.25, 0.3) is 94.1 Å². The molecule has 2 aliphatic rings. The average molecular weight is 612 g/mol. The SMILES string of the molecule is CC1(C)c2cccc3c2-c2c(cc4c(c21)c1ccccc1n4-c1nc(-c2ccccc2)c2ccccc2n1)-c1cccc2cccc-3c12. The van der Waals surface area contributed by atoms with E-state index in [4.69, 9.17) is 9.97 Å². The number of benzene rings is 7. The fraction of sp³-hybridized carbons (Fsp3) is 0.0667. The van der Waals surface area contributed by atoms with E-state index in [1.807, 2.05) is 0 Å². The first-order chi connectivity index (χ1) is 23.6. The van der Waals surface area contributed by atoms with Gasteiger partial charge >= 0.3 is 0 Å². The van der Waals surface area contributed by atoms with Crippen LogP contribution in [0.15, 0.2) is 140 Å². The minimum atomic E-state index is -0.219. The van der Waals surface area contributed by atoms with E-state index in [0.29, 0.717) is 5.95 Å². The first kappa shape index (κ1) is 26.1. The summed E-state index contributed by atoms with van der Waals surface area (Å²) in [6.45, 7) is 4.82. The van der Waals surface area contributed by atoms with Crippen LogP contribution < -0.4 is 0 Å². The van der Waals surface area contributed by atoms with E-state index < -0.39 is 0 Å². The zero-order chi connectivity index (χ0) is 31.7. The molecule has 0 saturated heterocycles. The van der Waals surface area contributed by atoms with Crippen LogP contribution >= 0.6 is 0 Å². The molecule has 48 heavy (non-hydrogen) atoms. The largest absolute Gasteiger partial charge is 0.278 e. The molecule has 3 heteroatoms. The van der Waals surface area contributed by atoms with Crippen LogP contribution in [0.5, 0.6) is 0 Å². The monoisotopic (exact) mass is 611 g/mol. The van der Waals surface area contributed by atoms with E-state index in [2.05, 4.69) is 158 Å². The molecular formula is C45H29N3. The second-order valence-electron chi connectivity index (χ2n) is 13.7. The Morgan fingerprint density at radius 2 is 1.21 bits per heavy atom. The first-order valence-electron chi connectivity index (χ1n) is 16.7. The minimum absolute atomic E-state index is 0.219. The lowest BCUT2D eigenvalue weighted by atomic mass is 9.78. The van der Waals surface area contributed by atoms with E-state index in [9.17, 15) is 0 Å². The highest BCUT2D eigenvalue weighted by Gasteiger charge is 2.42. The molecule has 0 spiro atoms. The summed E-state index contributed by atoms with van der Waals surface area (Å²) in [5, 5.41) is 6.14. The van der Waals surface area contributed by atoms with Gasteiger partial charge in [-0.05, 0) is 73.5 Å². The van der Waals surface area contributed by atoms with Crippen LogP contribution in [0.2, 0.25) is 0 Å². The molecule has 2 aliphatic carbocycles. The third kappa shape index (κ3) is 3.18. The summed E-state index contributed by atoms with van der Waals surface area (Å²) in [5.41, 5.74) is 15.7. The van der Waals surface area contributed by atoms with E-state index in [1.54, 1.807) is 0 Å². The Morgan fingerprint density at radius 3 is 2.04 bits per heavy atom. The minimum Gasteiger partial charge on any atom is -0.278 e. The lowest BCUT2D eigenvalue weighted by Crippen LogP contribution is -2.16. The number of hydrogen-bond donors (Lipinski definition) is 0. The molecule has 0 amide bonds. The van der Waals surface area contributed by atoms with Crippen molar-refractivity contribution < 1.29 is 0 Å². The predicted octanol–water partition coefficient (Wildman–Crippen LogP) is 11.5. The number of para-hydroxylation sites is 2. The molecule has 0 saturated carbocycles. The lowest BCUT2D eigenvalue weighted by Gasteiger charge is -2.24. The summed E-state index contributed by atoms with van der Waals surface area (Å²) in [4.78, 5) is 10.7. The fourth-order valence-electron chi connectivity index (χ4n) is 8.91. The molecule has 0 aliphatic heterocycles. The van der Waals surface area contributed by atoms with Gasteiger partial charge in [0.05, 0.1) is 22.2 Å². The van der Waals surface area contributed by atoms with Crippen molar-refractivity contribution in [3.63, 3.8) is 0 Å². The highest BCUT2D eigenvalue weighted by molar-refractivity contribution is 6.22. The molecule has 2 heterocycles. The molecule has 0 atom stereocenters. The number of aromatic nitrogens is 3. The zero-order valence-corrected chi connectivity index (χ0v) is 26.6. The van der Waals surface area contributed by atoms with Crippen LogP contribution in [0.3, 0.4) is 0 Å². The van der Waals surface area contributed by atoms with Gasteiger partial charge in [0.25, 0.3) is 0 Å². The van der Waals surface area contributed by atoms with Crippen LogP contribution in [-0.2, 0) is 5.41 Å². The molecule has 9 aromatic rings. The maximum Gasteiger partial charge on any atom is 0.235 e. The van der Waals surface area contributed by atoms with Gasteiger partial charge in [-0.25, -0.2) is 9.97 Å². The van der Waals surface area contributed by atoms with E-state index >= 15 is 0 Å².